The first kappa shape index (κ1) is 10.8. The van der Waals surface area contributed by atoms with Gasteiger partial charge in [0.25, 0.3) is 0 Å². The summed E-state index contributed by atoms with van der Waals surface area (Å²) in [6.45, 7) is 1.01. The molecule has 5 heteroatoms. The number of hydrogen-bond acceptors (Lipinski definition) is 4. The highest BCUT2D eigenvalue weighted by molar-refractivity contribution is 5.78. The first-order valence-corrected chi connectivity index (χ1v) is 5.10. The quantitative estimate of drug-likeness (QED) is 0.766. The van der Waals surface area contributed by atoms with E-state index in [1.807, 2.05) is 18.2 Å². The number of para-hydroxylation sites is 1. The van der Waals surface area contributed by atoms with E-state index in [-0.39, 0.29) is 12.7 Å². The molecule has 1 aliphatic heterocycles. The van der Waals surface area contributed by atoms with Crippen molar-refractivity contribution in [1.82, 2.24) is 10.6 Å². The molecule has 1 aromatic rings. The van der Waals surface area contributed by atoms with Gasteiger partial charge in [-0.1, -0.05) is 12.1 Å². The van der Waals surface area contributed by atoms with Crippen LogP contribution in [-0.2, 0) is 11.3 Å². The SMILES string of the molecule is CNCC(=O)NCc1cccc2c1OCO2. The summed E-state index contributed by atoms with van der Waals surface area (Å²) in [5.74, 6) is 1.42. The highest BCUT2D eigenvalue weighted by Crippen LogP contribution is 2.35. The minimum Gasteiger partial charge on any atom is -0.454 e. The lowest BCUT2D eigenvalue weighted by Gasteiger charge is -2.07. The van der Waals surface area contributed by atoms with E-state index in [0.717, 1.165) is 17.1 Å². The molecule has 1 aliphatic rings. The van der Waals surface area contributed by atoms with Crippen LogP contribution in [0.1, 0.15) is 5.56 Å². The third-order valence-corrected chi connectivity index (χ3v) is 2.29. The molecule has 1 heterocycles. The van der Waals surface area contributed by atoms with Gasteiger partial charge in [0.2, 0.25) is 12.7 Å². The fourth-order valence-electron chi connectivity index (χ4n) is 1.55. The molecule has 2 rings (SSSR count). The predicted molar refractivity (Wildman–Crippen MR) is 58.3 cm³/mol. The van der Waals surface area contributed by atoms with Crippen LogP contribution >= 0.6 is 0 Å². The Labute approximate surface area is 93.7 Å². The number of amides is 1. The zero-order valence-electron chi connectivity index (χ0n) is 9.08. The maximum Gasteiger partial charge on any atom is 0.234 e. The summed E-state index contributed by atoms with van der Waals surface area (Å²) in [5, 5.41) is 5.58. The summed E-state index contributed by atoms with van der Waals surface area (Å²) in [5.41, 5.74) is 0.930. The van der Waals surface area contributed by atoms with Gasteiger partial charge in [-0.25, -0.2) is 0 Å². The van der Waals surface area contributed by atoms with Crippen molar-refractivity contribution in [1.29, 1.82) is 0 Å². The van der Waals surface area contributed by atoms with Gasteiger partial charge in [0.15, 0.2) is 11.5 Å². The van der Waals surface area contributed by atoms with Crippen LogP contribution in [0.2, 0.25) is 0 Å². The largest absolute Gasteiger partial charge is 0.454 e. The lowest BCUT2D eigenvalue weighted by atomic mass is 10.2. The number of benzene rings is 1. The van der Waals surface area contributed by atoms with E-state index < -0.39 is 0 Å². The average Bonchev–Trinajstić information content (AvgIpc) is 2.75. The lowest BCUT2D eigenvalue weighted by Crippen LogP contribution is -2.31. The van der Waals surface area contributed by atoms with E-state index >= 15 is 0 Å². The highest BCUT2D eigenvalue weighted by atomic mass is 16.7. The van der Waals surface area contributed by atoms with E-state index in [4.69, 9.17) is 9.47 Å². The number of fused-ring (bicyclic) bond motifs is 1. The van der Waals surface area contributed by atoms with Gasteiger partial charge in [-0.2, -0.15) is 0 Å². The molecule has 0 unspecified atom stereocenters. The molecular formula is C11H14N2O3. The van der Waals surface area contributed by atoms with Gasteiger partial charge in [0.05, 0.1) is 6.54 Å². The smallest absolute Gasteiger partial charge is 0.234 e. The molecule has 0 spiro atoms. The summed E-state index contributed by atoms with van der Waals surface area (Å²) >= 11 is 0. The van der Waals surface area contributed by atoms with Crippen LogP contribution in [0.15, 0.2) is 18.2 Å². The van der Waals surface area contributed by atoms with Crippen molar-refractivity contribution in [3.8, 4) is 11.5 Å². The average molecular weight is 222 g/mol. The van der Waals surface area contributed by atoms with Crippen LogP contribution in [0.4, 0.5) is 0 Å². The van der Waals surface area contributed by atoms with Crippen molar-refractivity contribution in [2.45, 2.75) is 6.54 Å². The monoisotopic (exact) mass is 222 g/mol. The molecule has 2 N–H and O–H groups in total. The van der Waals surface area contributed by atoms with Crippen LogP contribution in [-0.4, -0.2) is 26.3 Å². The van der Waals surface area contributed by atoms with Crippen molar-refractivity contribution in [3.05, 3.63) is 23.8 Å². The van der Waals surface area contributed by atoms with Crippen LogP contribution < -0.4 is 20.1 Å². The molecule has 0 saturated carbocycles. The number of carbonyl (C=O) groups is 1. The third kappa shape index (κ3) is 2.25. The van der Waals surface area contributed by atoms with E-state index in [1.54, 1.807) is 7.05 Å². The van der Waals surface area contributed by atoms with Gasteiger partial charge in [-0.3, -0.25) is 4.79 Å². The second kappa shape index (κ2) is 4.85. The highest BCUT2D eigenvalue weighted by Gasteiger charge is 2.16. The van der Waals surface area contributed by atoms with Crippen molar-refractivity contribution in [3.63, 3.8) is 0 Å². The van der Waals surface area contributed by atoms with E-state index in [2.05, 4.69) is 10.6 Å². The minimum atomic E-state index is -0.0426. The van der Waals surface area contributed by atoms with Crippen LogP contribution in [0.25, 0.3) is 0 Å². The maximum atomic E-state index is 11.3. The molecule has 0 aromatic heterocycles. The minimum absolute atomic E-state index is 0.0426. The molecular weight excluding hydrogens is 208 g/mol. The lowest BCUT2D eigenvalue weighted by molar-refractivity contribution is -0.120. The standard InChI is InChI=1S/C11H14N2O3/c1-12-6-10(14)13-5-8-3-2-4-9-11(8)16-7-15-9/h2-4,12H,5-7H2,1H3,(H,13,14). The number of hydrogen-bond donors (Lipinski definition) is 2. The van der Waals surface area contributed by atoms with Crippen molar-refractivity contribution >= 4 is 5.91 Å². The van der Waals surface area contributed by atoms with Gasteiger partial charge in [0.1, 0.15) is 0 Å². The molecule has 0 aliphatic carbocycles. The Hall–Kier alpha value is -1.75. The number of likely N-dealkylation sites (N-methyl/N-ethyl adjacent to an activating group) is 1. The Balaban J connectivity index is 2.00. The fourth-order valence-corrected chi connectivity index (χ4v) is 1.55. The number of ether oxygens (including phenoxy) is 2. The molecule has 0 saturated heterocycles. The van der Waals surface area contributed by atoms with Crippen LogP contribution in [0.3, 0.4) is 0 Å². The van der Waals surface area contributed by atoms with Gasteiger partial charge < -0.3 is 20.1 Å². The number of rotatable bonds is 4. The van der Waals surface area contributed by atoms with E-state index in [1.165, 1.54) is 0 Å². The normalized spacial score (nSPS) is 12.6. The molecule has 0 bridgehead atoms. The Bertz CT molecular complexity index is 393. The Morgan fingerprint density at radius 2 is 2.31 bits per heavy atom. The van der Waals surface area contributed by atoms with Crippen LogP contribution in [0, 0.1) is 0 Å². The summed E-state index contributed by atoms with van der Waals surface area (Å²) in [4.78, 5) is 11.3. The molecule has 5 nitrogen and oxygen atoms in total. The van der Waals surface area contributed by atoms with Gasteiger partial charge in [0, 0.05) is 12.1 Å². The Kier molecular flexibility index (Phi) is 3.26. The molecule has 0 fully saturated rings. The first-order valence-electron chi connectivity index (χ1n) is 5.10. The zero-order chi connectivity index (χ0) is 11.4. The predicted octanol–water partition coefficient (Wildman–Crippen LogP) is 0.251. The van der Waals surface area contributed by atoms with Crippen LogP contribution in [0.5, 0.6) is 11.5 Å². The first-order chi connectivity index (χ1) is 7.81. The molecule has 16 heavy (non-hydrogen) atoms. The van der Waals surface area contributed by atoms with Gasteiger partial charge in [-0.05, 0) is 13.1 Å². The molecule has 86 valence electrons. The Morgan fingerprint density at radius 1 is 1.44 bits per heavy atom. The molecule has 0 radical (unpaired) electrons. The Morgan fingerprint density at radius 3 is 3.12 bits per heavy atom. The number of nitrogens with one attached hydrogen (secondary N) is 2. The molecule has 0 atom stereocenters. The van der Waals surface area contributed by atoms with E-state index in [9.17, 15) is 4.79 Å². The summed E-state index contributed by atoms with van der Waals surface area (Å²) in [6.07, 6.45) is 0. The summed E-state index contributed by atoms with van der Waals surface area (Å²) < 4.78 is 10.6. The summed E-state index contributed by atoms with van der Waals surface area (Å²) in [6, 6.07) is 5.64. The fraction of sp³-hybridized carbons (Fsp3) is 0.364. The van der Waals surface area contributed by atoms with Crippen molar-refractivity contribution in [2.24, 2.45) is 0 Å². The maximum absolute atomic E-state index is 11.3. The van der Waals surface area contributed by atoms with Gasteiger partial charge >= 0.3 is 0 Å². The summed E-state index contributed by atoms with van der Waals surface area (Å²) in [7, 11) is 1.73. The topological polar surface area (TPSA) is 59.6 Å². The van der Waals surface area contributed by atoms with Crippen molar-refractivity contribution in [2.75, 3.05) is 20.4 Å². The second-order valence-electron chi connectivity index (χ2n) is 3.46. The van der Waals surface area contributed by atoms with E-state index in [0.29, 0.717) is 13.1 Å². The number of carbonyl (C=O) groups excluding carboxylic acids is 1. The molecule has 1 aromatic carbocycles. The third-order valence-electron chi connectivity index (χ3n) is 2.29. The van der Waals surface area contributed by atoms with Gasteiger partial charge in [-0.15, -0.1) is 0 Å². The second-order valence-corrected chi connectivity index (χ2v) is 3.46. The molecule has 1 amide bonds. The van der Waals surface area contributed by atoms with Crippen molar-refractivity contribution < 1.29 is 14.3 Å². The zero-order valence-corrected chi connectivity index (χ0v) is 9.08.